The van der Waals surface area contributed by atoms with E-state index in [2.05, 4.69) is 5.32 Å². The van der Waals surface area contributed by atoms with Gasteiger partial charge in [0, 0.05) is 0 Å². The number of hydrazine groups is 1. The van der Waals surface area contributed by atoms with E-state index in [0.29, 0.717) is 18.3 Å². The lowest BCUT2D eigenvalue weighted by Crippen LogP contribution is -2.54. The Morgan fingerprint density at radius 3 is 2.45 bits per heavy atom. The summed E-state index contributed by atoms with van der Waals surface area (Å²) in [5, 5.41) is 13.4. The molecule has 1 aromatic rings. The first-order valence-electron chi connectivity index (χ1n) is 9.70. The first-order chi connectivity index (χ1) is 13.8. The Bertz CT molecular complexity index is 680. The highest BCUT2D eigenvalue weighted by molar-refractivity contribution is 5.87. The second-order valence-corrected chi connectivity index (χ2v) is 7.16. The lowest BCUT2D eigenvalue weighted by Gasteiger charge is -2.24. The van der Waals surface area contributed by atoms with Crippen LogP contribution in [0.15, 0.2) is 30.3 Å². The van der Waals surface area contributed by atoms with Gasteiger partial charge in [-0.05, 0) is 29.3 Å². The molecular formula is C20H29N3O6. The molecule has 1 N–H and O–H groups in total. The molecule has 0 bridgehead atoms. The number of unbranched alkanes of at least 4 members (excludes halogenated alkanes) is 1. The van der Waals surface area contributed by atoms with Gasteiger partial charge in [0.05, 0.1) is 6.04 Å². The van der Waals surface area contributed by atoms with Crippen LogP contribution in [0.5, 0.6) is 0 Å². The van der Waals surface area contributed by atoms with Crippen LogP contribution in [0.1, 0.15) is 52.0 Å². The molecule has 9 heteroatoms. The zero-order chi connectivity index (χ0) is 21.8. The Balaban J connectivity index is 2.95. The van der Waals surface area contributed by atoms with Crippen LogP contribution in [0.4, 0.5) is 4.79 Å². The Kier molecular flexibility index (Phi) is 10.4. The summed E-state index contributed by atoms with van der Waals surface area (Å²) in [5.41, 5.74) is 0.662. The zero-order valence-corrected chi connectivity index (χ0v) is 17.1. The van der Waals surface area contributed by atoms with E-state index in [1.165, 1.54) is 0 Å². The van der Waals surface area contributed by atoms with Crippen LogP contribution < -0.4 is 5.32 Å². The highest BCUT2D eigenvalue weighted by atomic mass is 16.7. The van der Waals surface area contributed by atoms with Crippen molar-refractivity contribution in [1.82, 2.24) is 10.3 Å². The quantitative estimate of drug-likeness (QED) is 0.323. The van der Waals surface area contributed by atoms with Crippen molar-refractivity contribution in [1.29, 1.82) is 0 Å². The third-order valence-electron chi connectivity index (χ3n) is 4.22. The van der Waals surface area contributed by atoms with Gasteiger partial charge in [-0.3, -0.25) is 4.79 Å². The molecule has 0 aliphatic carbocycles. The normalized spacial score (nSPS) is 12.7. The molecule has 9 nitrogen and oxygen atoms in total. The van der Waals surface area contributed by atoms with Gasteiger partial charge in [-0.25, -0.2) is 14.9 Å². The van der Waals surface area contributed by atoms with Crippen LogP contribution >= 0.6 is 0 Å². The molecule has 0 radical (unpaired) electrons. The molecule has 0 aliphatic heterocycles. The van der Waals surface area contributed by atoms with Gasteiger partial charge in [0.25, 0.3) is 0 Å². The number of hydrogen-bond acceptors (Lipinski definition) is 6. The van der Waals surface area contributed by atoms with Gasteiger partial charge < -0.3 is 14.8 Å². The van der Waals surface area contributed by atoms with E-state index in [1.807, 2.05) is 6.92 Å². The lowest BCUT2D eigenvalue weighted by atomic mass is 10.0. The summed E-state index contributed by atoms with van der Waals surface area (Å²) in [5.74, 6) is -0.860. The van der Waals surface area contributed by atoms with E-state index in [1.54, 1.807) is 44.2 Å². The van der Waals surface area contributed by atoms with Gasteiger partial charge in [0.2, 0.25) is 5.91 Å². The molecule has 0 fully saturated rings. The molecule has 0 saturated carbocycles. The molecule has 1 aromatic carbocycles. The molecule has 29 heavy (non-hydrogen) atoms. The smallest absolute Gasteiger partial charge is 0.441 e. The van der Waals surface area contributed by atoms with Crippen LogP contribution in [-0.2, 0) is 20.9 Å². The number of carbonyl (C=O) groups excluding carboxylic acids is 3. The minimum atomic E-state index is -1.39. The van der Waals surface area contributed by atoms with Crippen LogP contribution in [0, 0.1) is 16.0 Å². The number of amides is 2. The predicted octanol–water partition coefficient (Wildman–Crippen LogP) is 3.11. The highest BCUT2D eigenvalue weighted by Gasteiger charge is 2.41. The van der Waals surface area contributed by atoms with Crippen molar-refractivity contribution in [3.05, 3.63) is 46.0 Å². The van der Waals surface area contributed by atoms with Crippen molar-refractivity contribution in [2.75, 3.05) is 0 Å². The molecule has 160 valence electrons. The van der Waals surface area contributed by atoms with Crippen LogP contribution in [0.25, 0.3) is 0 Å². The molecule has 0 unspecified atom stereocenters. The fourth-order valence-corrected chi connectivity index (χ4v) is 2.73. The fraction of sp³-hybridized carbons (Fsp3) is 0.550. The molecule has 1 rings (SSSR count). The van der Waals surface area contributed by atoms with E-state index in [0.717, 1.165) is 12.8 Å². The Hall–Kier alpha value is -2.97. The monoisotopic (exact) mass is 407 g/mol. The van der Waals surface area contributed by atoms with Crippen LogP contribution in [0.3, 0.4) is 0 Å². The summed E-state index contributed by atoms with van der Waals surface area (Å²) in [6.45, 7) is 5.35. The summed E-state index contributed by atoms with van der Waals surface area (Å²) < 4.78 is 5.06. The van der Waals surface area contributed by atoms with Gasteiger partial charge in [0.1, 0.15) is 12.9 Å². The van der Waals surface area contributed by atoms with Crippen LogP contribution in [-0.4, -0.2) is 40.4 Å². The summed E-state index contributed by atoms with van der Waals surface area (Å²) in [7, 11) is 0. The number of carbonyl (C=O) groups is 3. The Labute approximate surface area is 170 Å². The number of nitrogens with one attached hydrogen (secondary N) is 1. The summed E-state index contributed by atoms with van der Waals surface area (Å²) in [6.07, 6.45) is 1.41. The summed E-state index contributed by atoms with van der Waals surface area (Å²) in [6, 6.07) is 6.57. The van der Waals surface area contributed by atoms with E-state index in [-0.39, 0.29) is 24.0 Å². The summed E-state index contributed by atoms with van der Waals surface area (Å²) in [4.78, 5) is 48.0. The van der Waals surface area contributed by atoms with Gasteiger partial charge in [-0.2, -0.15) is 0 Å². The number of ether oxygens (including phenoxy) is 1. The number of hydrogen-bond donors (Lipinski definition) is 1. The topological polar surface area (TPSA) is 119 Å². The molecule has 2 atom stereocenters. The zero-order valence-electron chi connectivity index (χ0n) is 17.1. The number of aldehydes is 1. The molecule has 0 saturated heterocycles. The minimum absolute atomic E-state index is 0.0482. The highest BCUT2D eigenvalue weighted by Crippen LogP contribution is 2.15. The predicted molar refractivity (Wildman–Crippen MR) is 106 cm³/mol. The van der Waals surface area contributed by atoms with E-state index in [9.17, 15) is 24.5 Å². The maximum absolute atomic E-state index is 12.7. The molecular weight excluding hydrogens is 378 g/mol. The van der Waals surface area contributed by atoms with Crippen molar-refractivity contribution < 1.29 is 24.2 Å². The molecule has 0 spiro atoms. The third-order valence-corrected chi connectivity index (χ3v) is 4.22. The Morgan fingerprint density at radius 1 is 1.28 bits per heavy atom. The summed E-state index contributed by atoms with van der Waals surface area (Å²) >= 11 is 0. The second kappa shape index (κ2) is 12.5. The number of nitrogens with zero attached hydrogens (tertiary/aromatic N) is 2. The van der Waals surface area contributed by atoms with Crippen molar-refractivity contribution in [3.8, 4) is 0 Å². The van der Waals surface area contributed by atoms with Gasteiger partial charge in [-0.1, -0.05) is 63.9 Å². The number of benzene rings is 1. The SMILES string of the molecule is CCCC[C@@H](C=O)NC(=O)[C@H](CC(C)C)N(C(=O)OCc1ccccc1)[N+](=O)[O-]. The van der Waals surface area contributed by atoms with Gasteiger partial charge in [0.15, 0.2) is 11.1 Å². The molecule has 2 amide bonds. The maximum atomic E-state index is 12.7. The van der Waals surface area contributed by atoms with E-state index >= 15 is 0 Å². The first kappa shape index (κ1) is 24.1. The Morgan fingerprint density at radius 2 is 1.93 bits per heavy atom. The van der Waals surface area contributed by atoms with Crippen LogP contribution in [0.2, 0.25) is 0 Å². The lowest BCUT2D eigenvalue weighted by molar-refractivity contribution is -0.641. The van der Waals surface area contributed by atoms with Crippen molar-refractivity contribution in [2.24, 2.45) is 5.92 Å². The molecule has 0 heterocycles. The average molecular weight is 407 g/mol. The fourth-order valence-electron chi connectivity index (χ4n) is 2.73. The second-order valence-electron chi connectivity index (χ2n) is 7.16. The van der Waals surface area contributed by atoms with Crippen molar-refractivity contribution in [2.45, 2.75) is 65.1 Å². The van der Waals surface area contributed by atoms with E-state index in [4.69, 9.17) is 4.74 Å². The first-order valence-corrected chi connectivity index (χ1v) is 9.70. The third kappa shape index (κ3) is 8.28. The van der Waals surface area contributed by atoms with Gasteiger partial charge in [-0.15, -0.1) is 0 Å². The number of nitro groups is 1. The molecule has 0 aromatic heterocycles. The minimum Gasteiger partial charge on any atom is -0.441 e. The number of rotatable bonds is 12. The van der Waals surface area contributed by atoms with Crippen molar-refractivity contribution >= 4 is 18.3 Å². The average Bonchev–Trinajstić information content (AvgIpc) is 2.69. The maximum Gasteiger partial charge on any atom is 0.469 e. The van der Waals surface area contributed by atoms with Crippen molar-refractivity contribution in [3.63, 3.8) is 0 Å². The van der Waals surface area contributed by atoms with Gasteiger partial charge >= 0.3 is 6.09 Å². The molecule has 0 aliphatic rings. The van der Waals surface area contributed by atoms with E-state index < -0.39 is 29.1 Å². The largest absolute Gasteiger partial charge is 0.469 e. The standard InChI is InChI=1S/C20H29N3O6/c1-4-5-11-17(13-24)21-19(25)18(12-15(2)3)22(23(27)28)20(26)29-14-16-9-7-6-8-10-16/h6-10,13,15,17-18H,4-5,11-12,14H2,1-3H3,(H,21,25)/t17-,18-/m0/s1.